The molecule has 0 aromatic heterocycles. The van der Waals surface area contributed by atoms with Gasteiger partial charge in [-0.05, 0) is 44.9 Å². The summed E-state index contributed by atoms with van der Waals surface area (Å²) in [4.78, 5) is 23.4. The number of esters is 1. The number of ether oxygens (including phenoxy) is 1. The smallest absolute Gasteiger partial charge is 0.316 e. The fraction of sp³-hybridized carbons (Fsp3) is 0.733. The number of allylic oxidation sites excluding steroid dienone is 2. The van der Waals surface area contributed by atoms with E-state index in [0.29, 0.717) is 12.3 Å². The van der Waals surface area contributed by atoms with Gasteiger partial charge in [0.1, 0.15) is 11.7 Å². The normalized spacial score (nSPS) is 24.8. The first-order chi connectivity index (χ1) is 8.47. The zero-order chi connectivity index (χ0) is 13.7. The van der Waals surface area contributed by atoms with Gasteiger partial charge >= 0.3 is 5.97 Å². The van der Waals surface area contributed by atoms with Crippen LogP contribution in [0.25, 0.3) is 0 Å². The Hall–Kier alpha value is -1.12. The molecule has 1 saturated carbocycles. The highest BCUT2D eigenvalue weighted by molar-refractivity contribution is 6.00. The molecule has 0 saturated heterocycles. The second-order valence-electron chi connectivity index (χ2n) is 5.51. The summed E-state index contributed by atoms with van der Waals surface area (Å²) in [5.41, 5.74) is 1.31. The van der Waals surface area contributed by atoms with E-state index in [1.54, 1.807) is 0 Å². The second kappa shape index (κ2) is 6.72. The summed E-state index contributed by atoms with van der Waals surface area (Å²) in [5, 5.41) is 0. The Morgan fingerprint density at radius 3 is 2.72 bits per heavy atom. The van der Waals surface area contributed by atoms with Gasteiger partial charge in [-0.15, -0.1) is 0 Å². The van der Waals surface area contributed by atoms with Crippen molar-refractivity contribution in [2.45, 2.75) is 46.5 Å². The average Bonchev–Trinajstić information content (AvgIpc) is 2.69. The number of methoxy groups -OCH3 is 1. The van der Waals surface area contributed by atoms with E-state index in [1.807, 2.05) is 0 Å². The molecule has 3 atom stereocenters. The fourth-order valence-electron chi connectivity index (χ4n) is 2.77. The lowest BCUT2D eigenvalue weighted by Gasteiger charge is -2.22. The van der Waals surface area contributed by atoms with Gasteiger partial charge in [-0.3, -0.25) is 9.59 Å². The standard InChI is InChI=1S/C15H24O3/c1-10(2)6-5-7-11(3)12-8-9-13(16)14(12)15(17)18-4/h6,11-12,14H,5,7-9H2,1-4H3/t11-,12+,14+/m1/s1. The quantitative estimate of drug-likeness (QED) is 0.429. The van der Waals surface area contributed by atoms with Gasteiger partial charge in [0.25, 0.3) is 0 Å². The maximum Gasteiger partial charge on any atom is 0.316 e. The van der Waals surface area contributed by atoms with Crippen molar-refractivity contribution in [3.8, 4) is 0 Å². The molecule has 102 valence electrons. The Balaban J connectivity index is 2.61. The van der Waals surface area contributed by atoms with Crippen LogP contribution in [-0.4, -0.2) is 18.9 Å². The van der Waals surface area contributed by atoms with Gasteiger partial charge in [0, 0.05) is 6.42 Å². The maximum atomic E-state index is 11.8. The highest BCUT2D eigenvalue weighted by Crippen LogP contribution is 2.37. The first-order valence-corrected chi connectivity index (χ1v) is 6.71. The minimum absolute atomic E-state index is 0.0564. The van der Waals surface area contributed by atoms with Gasteiger partial charge < -0.3 is 4.74 Å². The molecule has 0 heterocycles. The zero-order valence-corrected chi connectivity index (χ0v) is 11.9. The van der Waals surface area contributed by atoms with Crippen LogP contribution in [-0.2, 0) is 14.3 Å². The molecule has 1 rings (SSSR count). The SMILES string of the molecule is COC(=O)[C@@H]1C(=O)CC[C@H]1[C@H](C)CCC=C(C)C. The first kappa shape index (κ1) is 14.9. The number of ketones is 1. The van der Waals surface area contributed by atoms with E-state index in [9.17, 15) is 9.59 Å². The van der Waals surface area contributed by atoms with Crippen LogP contribution in [0.15, 0.2) is 11.6 Å². The first-order valence-electron chi connectivity index (χ1n) is 6.71. The van der Waals surface area contributed by atoms with E-state index in [2.05, 4.69) is 26.8 Å². The van der Waals surface area contributed by atoms with Gasteiger partial charge in [0.05, 0.1) is 7.11 Å². The maximum absolute atomic E-state index is 11.8. The van der Waals surface area contributed by atoms with E-state index in [-0.39, 0.29) is 17.7 Å². The largest absolute Gasteiger partial charge is 0.468 e. The van der Waals surface area contributed by atoms with Crippen LogP contribution in [0.4, 0.5) is 0 Å². The van der Waals surface area contributed by atoms with Crippen molar-refractivity contribution in [2.75, 3.05) is 7.11 Å². The van der Waals surface area contributed by atoms with Crippen LogP contribution >= 0.6 is 0 Å². The lowest BCUT2D eigenvalue weighted by molar-refractivity contribution is -0.150. The molecule has 0 aliphatic heterocycles. The lowest BCUT2D eigenvalue weighted by atomic mass is 9.82. The Morgan fingerprint density at radius 2 is 2.17 bits per heavy atom. The monoisotopic (exact) mass is 252 g/mol. The zero-order valence-electron chi connectivity index (χ0n) is 11.9. The Kier molecular flexibility index (Phi) is 5.57. The molecule has 0 N–H and O–H groups in total. The minimum Gasteiger partial charge on any atom is -0.468 e. The molecule has 0 amide bonds. The molecule has 3 nitrogen and oxygen atoms in total. The number of rotatable bonds is 5. The molecule has 0 spiro atoms. The van der Waals surface area contributed by atoms with Gasteiger partial charge in [-0.25, -0.2) is 0 Å². The number of carbonyl (C=O) groups excluding carboxylic acids is 2. The van der Waals surface area contributed by atoms with Crippen LogP contribution in [0.1, 0.15) is 46.5 Å². The van der Waals surface area contributed by atoms with E-state index in [1.165, 1.54) is 12.7 Å². The number of hydrogen-bond acceptors (Lipinski definition) is 3. The van der Waals surface area contributed by atoms with Crippen molar-refractivity contribution in [3.63, 3.8) is 0 Å². The topological polar surface area (TPSA) is 43.4 Å². The van der Waals surface area contributed by atoms with Crippen LogP contribution in [0.2, 0.25) is 0 Å². The summed E-state index contributed by atoms with van der Waals surface area (Å²) < 4.78 is 4.76. The molecule has 0 aromatic carbocycles. The average molecular weight is 252 g/mol. The predicted octanol–water partition coefficient (Wildman–Crippen LogP) is 3.14. The number of hydrogen-bond donors (Lipinski definition) is 0. The third-order valence-corrected chi connectivity index (χ3v) is 3.86. The molecule has 1 aliphatic carbocycles. The number of carbonyl (C=O) groups is 2. The molecule has 0 bridgehead atoms. The van der Waals surface area contributed by atoms with Crippen molar-refractivity contribution >= 4 is 11.8 Å². The molecule has 3 heteroatoms. The van der Waals surface area contributed by atoms with Crippen LogP contribution in [0.5, 0.6) is 0 Å². The van der Waals surface area contributed by atoms with Crippen LogP contribution in [0, 0.1) is 17.8 Å². The highest BCUT2D eigenvalue weighted by Gasteiger charge is 2.42. The molecule has 1 aliphatic rings. The minimum atomic E-state index is -0.517. The third kappa shape index (κ3) is 3.69. The Bertz CT molecular complexity index is 340. The molecule has 0 unspecified atom stereocenters. The summed E-state index contributed by atoms with van der Waals surface area (Å²) in [5.74, 6) is -0.263. The van der Waals surface area contributed by atoms with Crippen molar-refractivity contribution in [3.05, 3.63) is 11.6 Å². The summed E-state index contributed by atoms with van der Waals surface area (Å²) in [6.07, 6.45) is 5.60. The van der Waals surface area contributed by atoms with Gasteiger partial charge in [-0.1, -0.05) is 18.6 Å². The molecular weight excluding hydrogens is 228 g/mol. The van der Waals surface area contributed by atoms with Crippen LogP contribution in [0.3, 0.4) is 0 Å². The van der Waals surface area contributed by atoms with Crippen LogP contribution < -0.4 is 0 Å². The second-order valence-corrected chi connectivity index (χ2v) is 5.51. The van der Waals surface area contributed by atoms with E-state index in [0.717, 1.165) is 19.3 Å². The molecule has 0 aromatic rings. The summed E-state index contributed by atoms with van der Waals surface area (Å²) in [7, 11) is 1.36. The van der Waals surface area contributed by atoms with E-state index >= 15 is 0 Å². The van der Waals surface area contributed by atoms with Crippen molar-refractivity contribution < 1.29 is 14.3 Å². The number of Topliss-reactive ketones (excluding diaryl/α,β-unsaturated/α-hetero) is 1. The van der Waals surface area contributed by atoms with Crippen molar-refractivity contribution in [1.29, 1.82) is 0 Å². The molecule has 0 radical (unpaired) electrons. The molecular formula is C15H24O3. The lowest BCUT2D eigenvalue weighted by Crippen LogP contribution is -2.29. The van der Waals surface area contributed by atoms with E-state index in [4.69, 9.17) is 4.74 Å². The summed E-state index contributed by atoms with van der Waals surface area (Å²) in [6, 6.07) is 0. The van der Waals surface area contributed by atoms with Gasteiger partial charge in [0.15, 0.2) is 0 Å². The fourth-order valence-corrected chi connectivity index (χ4v) is 2.77. The molecule has 1 fully saturated rings. The summed E-state index contributed by atoms with van der Waals surface area (Å²) in [6.45, 7) is 6.31. The van der Waals surface area contributed by atoms with E-state index < -0.39 is 5.92 Å². The Morgan fingerprint density at radius 1 is 1.50 bits per heavy atom. The van der Waals surface area contributed by atoms with Crippen molar-refractivity contribution in [2.24, 2.45) is 17.8 Å². The Labute approximate surface area is 110 Å². The highest BCUT2D eigenvalue weighted by atomic mass is 16.5. The van der Waals surface area contributed by atoms with Gasteiger partial charge in [0.2, 0.25) is 0 Å². The third-order valence-electron chi connectivity index (χ3n) is 3.86. The molecule has 18 heavy (non-hydrogen) atoms. The summed E-state index contributed by atoms with van der Waals surface area (Å²) >= 11 is 0. The van der Waals surface area contributed by atoms with Gasteiger partial charge in [-0.2, -0.15) is 0 Å². The van der Waals surface area contributed by atoms with Crippen molar-refractivity contribution in [1.82, 2.24) is 0 Å². The predicted molar refractivity (Wildman–Crippen MR) is 71.1 cm³/mol.